The van der Waals surface area contributed by atoms with E-state index in [-0.39, 0.29) is 5.02 Å². The normalized spacial score (nSPS) is 10.4. The van der Waals surface area contributed by atoms with Crippen molar-refractivity contribution in [3.8, 4) is 0 Å². The number of rotatable bonds is 5. The van der Waals surface area contributed by atoms with Crippen molar-refractivity contribution in [3.05, 3.63) is 100 Å². The summed E-state index contributed by atoms with van der Waals surface area (Å²) in [5.41, 5.74) is 2.21. The Labute approximate surface area is 173 Å². The van der Waals surface area contributed by atoms with Crippen LogP contribution in [0.2, 0.25) is 10.0 Å². The summed E-state index contributed by atoms with van der Waals surface area (Å²) in [5.74, 6) is -1.39. The molecule has 0 radical (unpaired) electrons. The minimum atomic E-state index is -0.754. The zero-order valence-corrected chi connectivity index (χ0v) is 16.5. The maximum atomic E-state index is 12.9. The topological polar surface area (TPSA) is 49.4 Å². The first-order valence-electron chi connectivity index (χ1n) is 8.66. The number of carbonyl (C=O) groups is 2. The fraction of sp³-hybridized carbons (Fsp3) is 0.0909. The fourth-order valence-electron chi connectivity index (χ4n) is 2.72. The van der Waals surface area contributed by atoms with Crippen molar-refractivity contribution in [2.75, 3.05) is 5.32 Å². The maximum Gasteiger partial charge on any atom is 0.313 e. The Morgan fingerprint density at radius 3 is 1.82 bits per heavy atom. The average Bonchev–Trinajstić information content (AvgIpc) is 2.70. The molecule has 0 spiro atoms. The molecule has 28 heavy (non-hydrogen) atoms. The number of nitrogens with zero attached hydrogens (tertiary/aromatic N) is 1. The second-order valence-corrected chi connectivity index (χ2v) is 7.05. The van der Waals surface area contributed by atoms with Gasteiger partial charge in [-0.1, -0.05) is 83.9 Å². The molecule has 4 nitrogen and oxygen atoms in total. The third-order valence-electron chi connectivity index (χ3n) is 4.09. The van der Waals surface area contributed by atoms with Crippen LogP contribution in [0.25, 0.3) is 0 Å². The molecule has 142 valence electrons. The molecule has 1 N–H and O–H groups in total. The Morgan fingerprint density at radius 1 is 0.786 bits per heavy atom. The van der Waals surface area contributed by atoms with Gasteiger partial charge in [0.1, 0.15) is 0 Å². The van der Waals surface area contributed by atoms with Crippen molar-refractivity contribution in [1.29, 1.82) is 0 Å². The van der Waals surface area contributed by atoms with Crippen LogP contribution < -0.4 is 5.32 Å². The third kappa shape index (κ3) is 5.35. The molecule has 0 aliphatic rings. The molecule has 3 rings (SSSR count). The second-order valence-electron chi connectivity index (χ2n) is 6.21. The van der Waals surface area contributed by atoms with Crippen LogP contribution in [0.1, 0.15) is 11.1 Å². The van der Waals surface area contributed by atoms with Crippen LogP contribution in [0.4, 0.5) is 5.69 Å². The Balaban J connectivity index is 1.79. The number of benzene rings is 3. The van der Waals surface area contributed by atoms with E-state index >= 15 is 0 Å². The first kappa shape index (κ1) is 19.9. The highest BCUT2D eigenvalue weighted by atomic mass is 35.5. The monoisotopic (exact) mass is 412 g/mol. The molecule has 0 bridgehead atoms. The smallest absolute Gasteiger partial charge is 0.313 e. The van der Waals surface area contributed by atoms with Crippen LogP contribution >= 0.6 is 23.2 Å². The van der Waals surface area contributed by atoms with Gasteiger partial charge in [0, 0.05) is 18.1 Å². The van der Waals surface area contributed by atoms with Crippen molar-refractivity contribution in [1.82, 2.24) is 4.90 Å². The minimum absolute atomic E-state index is 0.270. The number of carbonyl (C=O) groups excluding carboxylic acids is 2. The molecule has 0 unspecified atom stereocenters. The Morgan fingerprint density at radius 2 is 1.32 bits per heavy atom. The van der Waals surface area contributed by atoms with E-state index in [4.69, 9.17) is 23.2 Å². The Bertz CT molecular complexity index is 921. The summed E-state index contributed by atoms with van der Waals surface area (Å²) < 4.78 is 0. The van der Waals surface area contributed by atoms with Crippen LogP contribution in [0.3, 0.4) is 0 Å². The molecular formula is C22H18Cl2N2O2. The number of anilines is 1. The van der Waals surface area contributed by atoms with Gasteiger partial charge in [0.05, 0.1) is 10.7 Å². The van der Waals surface area contributed by atoms with Gasteiger partial charge in [-0.25, -0.2) is 0 Å². The van der Waals surface area contributed by atoms with Crippen LogP contribution in [0, 0.1) is 0 Å². The lowest BCUT2D eigenvalue weighted by molar-refractivity contribution is -0.144. The van der Waals surface area contributed by atoms with Gasteiger partial charge >= 0.3 is 11.8 Å². The fourth-order valence-corrected chi connectivity index (χ4v) is 3.17. The highest BCUT2D eigenvalue weighted by Gasteiger charge is 2.23. The number of hydrogen-bond acceptors (Lipinski definition) is 2. The van der Waals surface area contributed by atoms with Crippen LogP contribution in [-0.2, 0) is 22.7 Å². The lowest BCUT2D eigenvalue weighted by Gasteiger charge is -2.22. The molecule has 0 atom stereocenters. The third-order valence-corrected chi connectivity index (χ3v) is 4.64. The molecule has 6 heteroatoms. The highest BCUT2D eigenvalue weighted by molar-refractivity contribution is 6.42. The highest BCUT2D eigenvalue weighted by Crippen LogP contribution is 2.25. The SMILES string of the molecule is O=C(Nc1ccc(Cl)cc1Cl)C(=O)N(Cc1ccccc1)Cc1ccccc1. The standard InChI is InChI=1S/C22H18Cl2N2O2/c23-18-11-12-20(19(24)13-18)25-21(27)22(28)26(14-16-7-3-1-4-8-16)15-17-9-5-2-6-10-17/h1-13H,14-15H2,(H,25,27). The van der Waals surface area contributed by atoms with Gasteiger partial charge in [0.15, 0.2) is 0 Å². The molecule has 0 aromatic heterocycles. The van der Waals surface area contributed by atoms with Gasteiger partial charge < -0.3 is 10.2 Å². The molecule has 3 aromatic rings. The summed E-state index contributed by atoms with van der Waals surface area (Å²) in [7, 11) is 0. The first-order chi connectivity index (χ1) is 13.5. The molecule has 0 saturated heterocycles. The van der Waals surface area contributed by atoms with Crippen molar-refractivity contribution in [3.63, 3.8) is 0 Å². The van der Waals surface area contributed by atoms with Gasteiger partial charge in [0.2, 0.25) is 0 Å². The number of halogens is 2. The van der Waals surface area contributed by atoms with E-state index in [0.717, 1.165) is 11.1 Å². The molecule has 0 aliphatic heterocycles. The lowest BCUT2D eigenvalue weighted by atomic mass is 10.1. The molecule has 2 amide bonds. The predicted octanol–water partition coefficient (Wildman–Crippen LogP) is 5.16. The van der Waals surface area contributed by atoms with Gasteiger partial charge in [-0.3, -0.25) is 9.59 Å². The second kappa shape index (κ2) is 9.40. The molecule has 0 aliphatic carbocycles. The Kier molecular flexibility index (Phi) is 6.69. The molecule has 0 fully saturated rings. The summed E-state index contributed by atoms with van der Waals surface area (Å²) in [6.45, 7) is 0.632. The molecule has 3 aromatic carbocycles. The van der Waals surface area contributed by atoms with Crippen LogP contribution in [-0.4, -0.2) is 16.7 Å². The van der Waals surface area contributed by atoms with E-state index in [2.05, 4.69) is 5.32 Å². The number of hydrogen-bond donors (Lipinski definition) is 1. The summed E-state index contributed by atoms with van der Waals surface area (Å²) in [6.07, 6.45) is 0. The summed E-state index contributed by atoms with van der Waals surface area (Å²) >= 11 is 12.0. The van der Waals surface area contributed by atoms with Crippen LogP contribution in [0.5, 0.6) is 0 Å². The zero-order valence-electron chi connectivity index (χ0n) is 14.9. The maximum absolute atomic E-state index is 12.9. The summed E-state index contributed by atoms with van der Waals surface area (Å²) in [6, 6.07) is 23.7. The van der Waals surface area contributed by atoms with E-state index in [9.17, 15) is 9.59 Å². The van der Waals surface area contributed by atoms with Gasteiger partial charge in [-0.05, 0) is 29.3 Å². The minimum Gasteiger partial charge on any atom is -0.326 e. The van der Waals surface area contributed by atoms with Gasteiger partial charge in [0.25, 0.3) is 0 Å². The first-order valence-corrected chi connectivity index (χ1v) is 9.41. The number of nitrogens with one attached hydrogen (secondary N) is 1. The largest absolute Gasteiger partial charge is 0.326 e. The molecular weight excluding hydrogens is 395 g/mol. The van der Waals surface area contributed by atoms with Gasteiger partial charge in [-0.15, -0.1) is 0 Å². The van der Waals surface area contributed by atoms with Crippen LogP contribution in [0.15, 0.2) is 78.9 Å². The van der Waals surface area contributed by atoms with E-state index in [1.807, 2.05) is 60.7 Å². The van der Waals surface area contributed by atoms with E-state index in [1.54, 1.807) is 12.1 Å². The zero-order chi connectivity index (χ0) is 19.9. The summed E-state index contributed by atoms with van der Waals surface area (Å²) in [4.78, 5) is 27.0. The average molecular weight is 413 g/mol. The van der Waals surface area contributed by atoms with E-state index < -0.39 is 11.8 Å². The number of amides is 2. The van der Waals surface area contributed by atoms with E-state index in [0.29, 0.717) is 23.8 Å². The quantitative estimate of drug-likeness (QED) is 0.588. The van der Waals surface area contributed by atoms with Crippen molar-refractivity contribution >= 4 is 40.7 Å². The van der Waals surface area contributed by atoms with Crippen molar-refractivity contribution in [2.45, 2.75) is 13.1 Å². The lowest BCUT2D eigenvalue weighted by Crippen LogP contribution is -2.39. The molecule has 0 saturated carbocycles. The van der Waals surface area contributed by atoms with E-state index in [1.165, 1.54) is 11.0 Å². The molecule has 0 heterocycles. The predicted molar refractivity (Wildman–Crippen MR) is 112 cm³/mol. The van der Waals surface area contributed by atoms with Gasteiger partial charge in [-0.2, -0.15) is 0 Å². The van der Waals surface area contributed by atoms with Crippen molar-refractivity contribution in [2.24, 2.45) is 0 Å². The Hall–Kier alpha value is -2.82. The summed E-state index contributed by atoms with van der Waals surface area (Å²) in [5, 5.41) is 3.29. The van der Waals surface area contributed by atoms with Crippen molar-refractivity contribution < 1.29 is 9.59 Å².